The summed E-state index contributed by atoms with van der Waals surface area (Å²) in [5, 5.41) is 27.2. The Bertz CT molecular complexity index is 1360. The van der Waals surface area contributed by atoms with E-state index < -0.39 is 17.6 Å². The zero-order chi connectivity index (χ0) is 25.1. The summed E-state index contributed by atoms with van der Waals surface area (Å²) < 4.78 is 15.3. The third kappa shape index (κ3) is 3.52. The minimum Gasteiger partial charge on any atom is -0.389 e. The zero-order valence-electron chi connectivity index (χ0n) is 20.0. The van der Waals surface area contributed by atoms with Gasteiger partial charge in [0.25, 0.3) is 5.91 Å². The summed E-state index contributed by atoms with van der Waals surface area (Å²) in [5.74, 6) is -0.638. The average molecular weight is 488 g/mol. The van der Waals surface area contributed by atoms with Gasteiger partial charge in [-0.15, -0.1) is 0 Å². The monoisotopic (exact) mass is 487 g/mol. The molecule has 4 N–H and O–H groups in total. The molecule has 0 aliphatic heterocycles. The smallest absolute Gasteiger partial charge is 0.250 e. The predicted octanol–water partition coefficient (Wildman–Crippen LogP) is 4.02. The van der Waals surface area contributed by atoms with E-state index in [1.54, 1.807) is 24.3 Å². The van der Waals surface area contributed by atoms with Crippen LogP contribution in [0.15, 0.2) is 60.3 Å². The van der Waals surface area contributed by atoms with Crippen molar-refractivity contribution in [3.05, 3.63) is 88.5 Å². The molecule has 1 heterocycles. The van der Waals surface area contributed by atoms with Crippen LogP contribution in [0.3, 0.4) is 0 Å². The van der Waals surface area contributed by atoms with Crippen molar-refractivity contribution < 1.29 is 19.4 Å². The van der Waals surface area contributed by atoms with E-state index in [1.807, 2.05) is 23.0 Å². The molecule has 2 aromatic carbocycles. The van der Waals surface area contributed by atoms with Crippen LogP contribution in [0.4, 0.5) is 4.39 Å². The number of aromatic nitrogens is 2. The number of amides is 1. The minimum atomic E-state index is -1.36. The van der Waals surface area contributed by atoms with Crippen LogP contribution in [0.1, 0.15) is 60.6 Å². The summed E-state index contributed by atoms with van der Waals surface area (Å²) in [6, 6.07) is 13.6. The highest BCUT2D eigenvalue weighted by atomic mass is 19.1. The predicted molar refractivity (Wildman–Crippen MR) is 133 cm³/mol. The van der Waals surface area contributed by atoms with Gasteiger partial charge < -0.3 is 15.9 Å². The normalized spacial score (nSPS) is 25.7. The maximum Gasteiger partial charge on any atom is 0.250 e. The molecule has 2 saturated carbocycles. The van der Waals surface area contributed by atoms with Gasteiger partial charge in [-0.05, 0) is 97.9 Å². The van der Waals surface area contributed by atoms with Crippen LogP contribution in [0, 0.1) is 17.2 Å². The molecule has 3 aliphatic carbocycles. The van der Waals surface area contributed by atoms with Crippen molar-refractivity contribution in [3.63, 3.8) is 0 Å². The number of fused-ring (bicyclic) bond motifs is 2. The van der Waals surface area contributed by atoms with E-state index in [1.165, 1.54) is 17.7 Å². The molecular weight excluding hydrogens is 457 g/mol. The van der Waals surface area contributed by atoms with Crippen LogP contribution >= 0.6 is 0 Å². The first kappa shape index (κ1) is 23.1. The van der Waals surface area contributed by atoms with E-state index in [4.69, 9.17) is 5.73 Å². The summed E-state index contributed by atoms with van der Waals surface area (Å²) >= 11 is 0. The van der Waals surface area contributed by atoms with Gasteiger partial charge in [-0.25, -0.2) is 9.07 Å². The van der Waals surface area contributed by atoms with Crippen molar-refractivity contribution in [2.75, 3.05) is 0 Å². The lowest BCUT2D eigenvalue weighted by atomic mass is 9.61. The molecule has 0 spiro atoms. The van der Waals surface area contributed by atoms with E-state index in [9.17, 15) is 19.4 Å². The standard InChI is InChI=1S/C29H30FN3O3/c30-22-7-9-23(10-8-22)33-25-15-21-12-14-28(36,29(21,20-5-6-20)16-19(25)17-32-33)13-11-18-3-1-2-4-24(18)26(34)27(31)35/h1-4,7-10,15,17,20,26,34,36H,5-6,11-14,16H2,(H2,31,35)/t26?,28-,29?/m0/s1. The highest BCUT2D eigenvalue weighted by Gasteiger charge is 2.63. The first-order valence-corrected chi connectivity index (χ1v) is 12.6. The highest BCUT2D eigenvalue weighted by molar-refractivity contribution is 5.80. The lowest BCUT2D eigenvalue weighted by molar-refractivity contribution is -0.126. The van der Waals surface area contributed by atoms with E-state index in [2.05, 4.69) is 11.2 Å². The Morgan fingerprint density at radius 1 is 1.19 bits per heavy atom. The molecule has 7 heteroatoms. The average Bonchev–Trinajstić information content (AvgIpc) is 3.60. The van der Waals surface area contributed by atoms with Crippen molar-refractivity contribution in [2.24, 2.45) is 17.1 Å². The second-order valence-corrected chi connectivity index (χ2v) is 10.6. The van der Waals surface area contributed by atoms with Gasteiger partial charge >= 0.3 is 0 Å². The number of nitrogens with zero attached hydrogens (tertiary/aromatic N) is 2. The summed E-state index contributed by atoms with van der Waals surface area (Å²) in [4.78, 5) is 11.6. The molecule has 3 atom stereocenters. The van der Waals surface area contributed by atoms with Crippen molar-refractivity contribution in [2.45, 2.75) is 56.7 Å². The molecule has 2 unspecified atom stereocenters. The van der Waals surface area contributed by atoms with Crippen LogP contribution in [0.5, 0.6) is 0 Å². The van der Waals surface area contributed by atoms with E-state index in [0.29, 0.717) is 30.7 Å². The van der Waals surface area contributed by atoms with Gasteiger partial charge in [-0.3, -0.25) is 4.79 Å². The number of aryl methyl sites for hydroxylation is 1. The minimum absolute atomic E-state index is 0.281. The molecule has 0 bridgehead atoms. The highest BCUT2D eigenvalue weighted by Crippen LogP contribution is 2.66. The number of carbonyl (C=O) groups excluding carboxylic acids is 1. The largest absolute Gasteiger partial charge is 0.389 e. The third-order valence-electron chi connectivity index (χ3n) is 8.65. The Morgan fingerprint density at radius 3 is 2.67 bits per heavy atom. The summed E-state index contributed by atoms with van der Waals surface area (Å²) in [6.07, 6.45) is 8.20. The lowest BCUT2D eigenvalue weighted by Crippen LogP contribution is -2.49. The molecule has 6 nitrogen and oxygen atoms in total. The quantitative estimate of drug-likeness (QED) is 0.468. The molecule has 2 fully saturated rings. The van der Waals surface area contributed by atoms with Gasteiger partial charge in [0.2, 0.25) is 0 Å². The van der Waals surface area contributed by atoms with Gasteiger partial charge in [-0.1, -0.05) is 29.8 Å². The van der Waals surface area contributed by atoms with Gasteiger partial charge in [-0.2, -0.15) is 5.10 Å². The first-order chi connectivity index (χ1) is 17.3. The van der Waals surface area contributed by atoms with Gasteiger partial charge in [0.15, 0.2) is 6.10 Å². The molecule has 36 heavy (non-hydrogen) atoms. The summed E-state index contributed by atoms with van der Waals surface area (Å²) in [7, 11) is 0. The van der Waals surface area contributed by atoms with Gasteiger partial charge in [0, 0.05) is 5.41 Å². The zero-order valence-corrected chi connectivity index (χ0v) is 20.0. The topological polar surface area (TPSA) is 101 Å². The fourth-order valence-electron chi connectivity index (χ4n) is 6.73. The molecule has 0 saturated heterocycles. The van der Waals surface area contributed by atoms with Crippen molar-refractivity contribution >= 4 is 12.0 Å². The Hall–Kier alpha value is -3.29. The van der Waals surface area contributed by atoms with Crippen LogP contribution in [-0.2, 0) is 17.6 Å². The third-order valence-corrected chi connectivity index (χ3v) is 8.65. The number of rotatable bonds is 7. The lowest BCUT2D eigenvalue weighted by Gasteiger charge is -2.46. The van der Waals surface area contributed by atoms with E-state index in [0.717, 1.165) is 48.2 Å². The molecule has 6 rings (SSSR count). The fourth-order valence-corrected chi connectivity index (χ4v) is 6.73. The second kappa shape index (κ2) is 8.39. The number of halogens is 1. The number of aliphatic hydroxyl groups is 2. The van der Waals surface area contributed by atoms with Crippen molar-refractivity contribution in [3.8, 4) is 5.69 Å². The number of benzene rings is 2. The Labute approximate surface area is 209 Å². The fraction of sp³-hybridized carbons (Fsp3) is 0.379. The Morgan fingerprint density at radius 2 is 1.94 bits per heavy atom. The second-order valence-electron chi connectivity index (χ2n) is 10.6. The maximum atomic E-state index is 13.5. The summed E-state index contributed by atoms with van der Waals surface area (Å²) in [5.41, 5.74) is 9.65. The number of aliphatic hydroxyl groups excluding tert-OH is 1. The number of primary amides is 1. The van der Waals surface area contributed by atoms with Crippen LogP contribution in [-0.4, -0.2) is 31.5 Å². The molecule has 3 aliphatic rings. The Balaban J connectivity index is 1.33. The van der Waals surface area contributed by atoms with Gasteiger partial charge in [0.1, 0.15) is 5.82 Å². The molecule has 3 aromatic rings. The van der Waals surface area contributed by atoms with Crippen LogP contribution < -0.4 is 5.73 Å². The molecule has 1 amide bonds. The van der Waals surface area contributed by atoms with Crippen LogP contribution in [0.2, 0.25) is 0 Å². The number of carbonyl (C=O) groups is 1. The van der Waals surface area contributed by atoms with Gasteiger partial charge in [0.05, 0.1) is 23.2 Å². The molecule has 0 radical (unpaired) electrons. The Kier molecular flexibility index (Phi) is 5.39. The van der Waals surface area contributed by atoms with Crippen molar-refractivity contribution in [1.82, 2.24) is 9.78 Å². The molecule has 186 valence electrons. The van der Waals surface area contributed by atoms with E-state index in [-0.39, 0.29) is 11.2 Å². The van der Waals surface area contributed by atoms with Crippen molar-refractivity contribution in [1.29, 1.82) is 0 Å². The molecule has 1 aromatic heterocycles. The number of hydrogen-bond donors (Lipinski definition) is 3. The first-order valence-electron chi connectivity index (χ1n) is 12.6. The number of hydrogen-bond acceptors (Lipinski definition) is 4. The molecular formula is C29H30FN3O3. The van der Waals surface area contributed by atoms with E-state index >= 15 is 0 Å². The van der Waals surface area contributed by atoms with Crippen LogP contribution in [0.25, 0.3) is 11.8 Å². The number of nitrogens with two attached hydrogens (primary N) is 1. The summed E-state index contributed by atoms with van der Waals surface area (Å²) in [6.45, 7) is 0. The SMILES string of the molecule is NC(=O)C(O)c1ccccc1CC[C@]1(O)CCC2=Cc3c(cnn3-c3ccc(F)cc3)CC21C1CC1. The maximum absolute atomic E-state index is 13.5.